The van der Waals surface area contributed by atoms with Gasteiger partial charge >= 0.3 is 0 Å². The average Bonchev–Trinajstić information content (AvgIpc) is 2.43. The van der Waals surface area contributed by atoms with Crippen molar-refractivity contribution in [3.8, 4) is 0 Å². The van der Waals surface area contributed by atoms with Crippen LogP contribution in [0.2, 0.25) is 0 Å². The second-order valence-corrected chi connectivity index (χ2v) is 6.44. The molecule has 0 amide bonds. The highest BCUT2D eigenvalue weighted by molar-refractivity contribution is 4.81. The number of nitrogens with zero attached hydrogens (tertiary/aromatic N) is 2. The van der Waals surface area contributed by atoms with E-state index in [2.05, 4.69) is 49.7 Å². The van der Waals surface area contributed by atoms with Gasteiger partial charge in [-0.05, 0) is 32.2 Å². The number of hydrogen-bond acceptors (Lipinski definition) is 3. The van der Waals surface area contributed by atoms with Crippen LogP contribution < -0.4 is 5.32 Å². The summed E-state index contributed by atoms with van der Waals surface area (Å²) in [5.41, 5.74) is 0. The molecule has 0 aromatic heterocycles. The summed E-state index contributed by atoms with van der Waals surface area (Å²) >= 11 is 0. The van der Waals surface area contributed by atoms with Gasteiger partial charge in [0, 0.05) is 44.8 Å². The topological polar surface area (TPSA) is 18.5 Å². The quantitative estimate of drug-likeness (QED) is 0.730. The molecule has 1 aliphatic rings. The van der Waals surface area contributed by atoms with E-state index in [1.807, 2.05) is 0 Å². The summed E-state index contributed by atoms with van der Waals surface area (Å²) in [5.74, 6) is 0.750. The maximum Gasteiger partial charge on any atom is 0.0219 e. The first kappa shape index (κ1) is 16.9. The van der Waals surface area contributed by atoms with E-state index in [0.717, 1.165) is 31.1 Å². The Morgan fingerprint density at radius 3 is 1.89 bits per heavy atom. The first-order chi connectivity index (χ1) is 9.08. The molecule has 3 heteroatoms. The lowest BCUT2D eigenvalue weighted by molar-refractivity contribution is 0.0705. The third-order valence-corrected chi connectivity index (χ3v) is 4.48. The van der Waals surface area contributed by atoms with Gasteiger partial charge in [0.2, 0.25) is 0 Å². The molecule has 1 saturated heterocycles. The summed E-state index contributed by atoms with van der Waals surface area (Å²) in [6.45, 7) is 18.8. The molecular formula is C16H35N3. The van der Waals surface area contributed by atoms with E-state index in [9.17, 15) is 0 Å². The minimum atomic E-state index is 0.720. The molecule has 1 N–H and O–H groups in total. The molecule has 0 saturated carbocycles. The predicted molar refractivity (Wildman–Crippen MR) is 84.7 cm³/mol. The lowest BCUT2D eigenvalue weighted by Crippen LogP contribution is -2.54. The van der Waals surface area contributed by atoms with Crippen LogP contribution >= 0.6 is 0 Å². The SMILES string of the molecule is CCC(C)N1CCN(C(CC)CNCC(C)C)CC1. The highest BCUT2D eigenvalue weighted by Crippen LogP contribution is 2.12. The average molecular weight is 269 g/mol. The van der Waals surface area contributed by atoms with Crippen LogP contribution in [0.5, 0.6) is 0 Å². The van der Waals surface area contributed by atoms with Gasteiger partial charge < -0.3 is 5.32 Å². The molecule has 0 aromatic carbocycles. The summed E-state index contributed by atoms with van der Waals surface area (Å²) in [5, 5.41) is 3.62. The standard InChI is InChI=1S/C16H35N3/c1-6-15(5)18-8-10-19(11-9-18)16(7-2)13-17-12-14(3)4/h14-17H,6-13H2,1-5H3. The van der Waals surface area contributed by atoms with Crippen LogP contribution in [0, 0.1) is 5.92 Å². The summed E-state index contributed by atoms with van der Waals surface area (Å²) in [6.07, 6.45) is 2.53. The van der Waals surface area contributed by atoms with Crippen LogP contribution in [0.25, 0.3) is 0 Å². The Labute approximate surface area is 120 Å². The Kier molecular flexibility index (Phi) is 7.96. The highest BCUT2D eigenvalue weighted by atomic mass is 15.3. The fraction of sp³-hybridized carbons (Fsp3) is 1.00. The van der Waals surface area contributed by atoms with Gasteiger partial charge in [-0.2, -0.15) is 0 Å². The van der Waals surface area contributed by atoms with E-state index >= 15 is 0 Å². The molecule has 0 aliphatic carbocycles. The summed E-state index contributed by atoms with van der Waals surface area (Å²) in [4.78, 5) is 5.33. The van der Waals surface area contributed by atoms with Gasteiger partial charge in [0.15, 0.2) is 0 Å². The molecule has 2 unspecified atom stereocenters. The molecule has 114 valence electrons. The van der Waals surface area contributed by atoms with Gasteiger partial charge in [-0.1, -0.05) is 27.7 Å². The Balaban J connectivity index is 2.30. The summed E-state index contributed by atoms with van der Waals surface area (Å²) < 4.78 is 0. The molecule has 1 heterocycles. The zero-order chi connectivity index (χ0) is 14.3. The molecule has 1 aliphatic heterocycles. The van der Waals surface area contributed by atoms with Crippen molar-refractivity contribution in [3.05, 3.63) is 0 Å². The van der Waals surface area contributed by atoms with Crippen molar-refractivity contribution in [1.29, 1.82) is 0 Å². The summed E-state index contributed by atoms with van der Waals surface area (Å²) in [6, 6.07) is 1.47. The van der Waals surface area contributed by atoms with E-state index in [1.165, 1.54) is 39.0 Å². The van der Waals surface area contributed by atoms with E-state index in [-0.39, 0.29) is 0 Å². The van der Waals surface area contributed by atoms with Crippen LogP contribution in [-0.2, 0) is 0 Å². The Bertz CT molecular complexity index is 222. The van der Waals surface area contributed by atoms with Gasteiger partial charge in [0.25, 0.3) is 0 Å². The zero-order valence-electron chi connectivity index (χ0n) is 13.8. The van der Waals surface area contributed by atoms with Crippen LogP contribution in [-0.4, -0.2) is 61.2 Å². The molecular weight excluding hydrogens is 234 g/mol. The minimum Gasteiger partial charge on any atom is -0.315 e. The van der Waals surface area contributed by atoms with E-state index in [4.69, 9.17) is 0 Å². The molecule has 1 fully saturated rings. The van der Waals surface area contributed by atoms with Crippen molar-refractivity contribution in [2.24, 2.45) is 5.92 Å². The molecule has 2 atom stereocenters. The van der Waals surface area contributed by atoms with Crippen molar-refractivity contribution < 1.29 is 0 Å². The monoisotopic (exact) mass is 269 g/mol. The first-order valence-corrected chi connectivity index (χ1v) is 8.27. The van der Waals surface area contributed by atoms with Crippen molar-refractivity contribution in [3.63, 3.8) is 0 Å². The molecule has 0 aromatic rings. The number of nitrogens with one attached hydrogen (secondary N) is 1. The zero-order valence-corrected chi connectivity index (χ0v) is 13.8. The maximum atomic E-state index is 3.62. The lowest BCUT2D eigenvalue weighted by Gasteiger charge is -2.41. The van der Waals surface area contributed by atoms with Gasteiger partial charge in [0.1, 0.15) is 0 Å². The van der Waals surface area contributed by atoms with Crippen molar-refractivity contribution >= 4 is 0 Å². The summed E-state index contributed by atoms with van der Waals surface area (Å²) in [7, 11) is 0. The fourth-order valence-electron chi connectivity index (χ4n) is 2.87. The van der Waals surface area contributed by atoms with E-state index < -0.39 is 0 Å². The van der Waals surface area contributed by atoms with Crippen LogP contribution in [0.15, 0.2) is 0 Å². The maximum absolute atomic E-state index is 3.62. The fourth-order valence-corrected chi connectivity index (χ4v) is 2.87. The first-order valence-electron chi connectivity index (χ1n) is 8.27. The van der Waals surface area contributed by atoms with Crippen molar-refractivity contribution in [2.45, 2.75) is 59.5 Å². The van der Waals surface area contributed by atoms with Crippen molar-refractivity contribution in [2.75, 3.05) is 39.3 Å². The molecule has 3 nitrogen and oxygen atoms in total. The van der Waals surface area contributed by atoms with Gasteiger partial charge in [-0.15, -0.1) is 0 Å². The van der Waals surface area contributed by atoms with Crippen LogP contribution in [0.4, 0.5) is 0 Å². The van der Waals surface area contributed by atoms with Gasteiger partial charge in [-0.3, -0.25) is 9.80 Å². The smallest absolute Gasteiger partial charge is 0.0219 e. The second kappa shape index (κ2) is 8.93. The number of piperazine rings is 1. The largest absolute Gasteiger partial charge is 0.315 e. The third kappa shape index (κ3) is 5.80. The Hall–Kier alpha value is -0.120. The van der Waals surface area contributed by atoms with Crippen molar-refractivity contribution in [1.82, 2.24) is 15.1 Å². The molecule has 1 rings (SSSR count). The second-order valence-electron chi connectivity index (χ2n) is 6.44. The van der Waals surface area contributed by atoms with Gasteiger partial charge in [0.05, 0.1) is 0 Å². The van der Waals surface area contributed by atoms with Gasteiger partial charge in [-0.25, -0.2) is 0 Å². The third-order valence-electron chi connectivity index (χ3n) is 4.48. The molecule has 0 bridgehead atoms. The number of rotatable bonds is 8. The highest BCUT2D eigenvalue weighted by Gasteiger charge is 2.24. The number of hydrogen-bond donors (Lipinski definition) is 1. The Morgan fingerprint density at radius 2 is 1.42 bits per heavy atom. The van der Waals surface area contributed by atoms with Crippen LogP contribution in [0.3, 0.4) is 0 Å². The van der Waals surface area contributed by atoms with E-state index in [1.54, 1.807) is 0 Å². The molecule has 19 heavy (non-hydrogen) atoms. The predicted octanol–water partition coefficient (Wildman–Crippen LogP) is 2.43. The lowest BCUT2D eigenvalue weighted by atomic mass is 10.1. The normalized spacial score (nSPS) is 21.8. The molecule has 0 radical (unpaired) electrons. The van der Waals surface area contributed by atoms with Crippen LogP contribution in [0.1, 0.15) is 47.5 Å². The molecule has 0 spiro atoms. The van der Waals surface area contributed by atoms with E-state index in [0.29, 0.717) is 0 Å². The minimum absolute atomic E-state index is 0.720. The Morgan fingerprint density at radius 1 is 0.842 bits per heavy atom.